The molecular formula is C14H17N5O3S2. The summed E-state index contributed by atoms with van der Waals surface area (Å²) < 4.78 is 6.40. The fraction of sp³-hybridized carbons (Fsp3) is 0.500. The minimum atomic E-state index is -0.394. The zero-order valence-electron chi connectivity index (χ0n) is 13.4. The summed E-state index contributed by atoms with van der Waals surface area (Å²) >= 11 is 2.71. The van der Waals surface area contributed by atoms with Gasteiger partial charge in [0.05, 0.1) is 18.4 Å². The van der Waals surface area contributed by atoms with Crippen LogP contribution in [0.2, 0.25) is 0 Å². The van der Waals surface area contributed by atoms with Crippen LogP contribution in [-0.2, 0) is 29.4 Å². The van der Waals surface area contributed by atoms with Crippen molar-refractivity contribution < 1.29 is 14.3 Å². The number of carbonyl (C=O) groups is 2. The number of rotatable bonds is 5. The maximum atomic E-state index is 12.2. The minimum Gasteiger partial charge on any atom is -0.465 e. The maximum absolute atomic E-state index is 12.2. The molecule has 10 heteroatoms. The van der Waals surface area contributed by atoms with Gasteiger partial charge in [-0.2, -0.15) is 0 Å². The number of tetrazole rings is 1. The fourth-order valence-corrected chi connectivity index (χ4v) is 4.55. The summed E-state index contributed by atoms with van der Waals surface area (Å²) in [6.07, 6.45) is 3.96. The number of nitrogens with one attached hydrogen (secondary N) is 1. The van der Waals surface area contributed by atoms with Crippen LogP contribution >= 0.6 is 23.1 Å². The first-order valence-electron chi connectivity index (χ1n) is 7.48. The fourth-order valence-electron chi connectivity index (χ4n) is 2.61. The summed E-state index contributed by atoms with van der Waals surface area (Å²) in [6, 6.07) is 0. The van der Waals surface area contributed by atoms with Crippen molar-refractivity contribution in [3.8, 4) is 0 Å². The molecule has 1 amide bonds. The van der Waals surface area contributed by atoms with Gasteiger partial charge in [-0.3, -0.25) is 4.79 Å². The molecule has 0 unspecified atom stereocenters. The Morgan fingerprint density at radius 2 is 2.17 bits per heavy atom. The molecule has 0 radical (unpaired) electrons. The van der Waals surface area contributed by atoms with Gasteiger partial charge in [-0.05, 0) is 41.7 Å². The standard InChI is InChI=1S/C14H17N5O3S2/c1-19-14(16-17-18-19)23-7-10(20)15-12-11(13(21)22-2)8-5-3-4-6-9(8)24-12/h3-7H2,1-2H3,(H,15,20). The summed E-state index contributed by atoms with van der Waals surface area (Å²) in [6.45, 7) is 0. The van der Waals surface area contributed by atoms with E-state index in [4.69, 9.17) is 4.74 Å². The Balaban J connectivity index is 1.74. The minimum absolute atomic E-state index is 0.164. The van der Waals surface area contributed by atoms with Crippen LogP contribution in [0.3, 0.4) is 0 Å². The van der Waals surface area contributed by atoms with E-state index >= 15 is 0 Å². The molecule has 1 N–H and O–H groups in total. The van der Waals surface area contributed by atoms with Gasteiger partial charge < -0.3 is 10.1 Å². The lowest BCUT2D eigenvalue weighted by Crippen LogP contribution is -2.17. The van der Waals surface area contributed by atoms with Gasteiger partial charge >= 0.3 is 5.97 Å². The van der Waals surface area contributed by atoms with E-state index in [2.05, 4.69) is 20.8 Å². The molecule has 3 rings (SSSR count). The van der Waals surface area contributed by atoms with Crippen LogP contribution in [0.5, 0.6) is 0 Å². The van der Waals surface area contributed by atoms with Gasteiger partial charge in [0.2, 0.25) is 11.1 Å². The normalized spacial score (nSPS) is 13.4. The maximum Gasteiger partial charge on any atom is 0.341 e. The molecule has 2 aromatic rings. The zero-order valence-corrected chi connectivity index (χ0v) is 15.0. The number of thioether (sulfide) groups is 1. The predicted octanol–water partition coefficient (Wildman–Crippen LogP) is 1.67. The first-order valence-corrected chi connectivity index (χ1v) is 9.28. The van der Waals surface area contributed by atoms with Gasteiger partial charge in [0.25, 0.3) is 0 Å². The Hall–Kier alpha value is -1.94. The first-order chi connectivity index (χ1) is 11.6. The quantitative estimate of drug-likeness (QED) is 0.634. The third kappa shape index (κ3) is 3.44. The highest BCUT2D eigenvalue weighted by Crippen LogP contribution is 2.38. The molecule has 0 saturated carbocycles. The number of hydrogen-bond acceptors (Lipinski definition) is 8. The van der Waals surface area contributed by atoms with Gasteiger partial charge in [-0.15, -0.1) is 16.4 Å². The highest BCUT2D eigenvalue weighted by molar-refractivity contribution is 7.99. The molecule has 1 aliphatic rings. The van der Waals surface area contributed by atoms with Gasteiger partial charge in [0, 0.05) is 11.9 Å². The van der Waals surface area contributed by atoms with Crippen molar-refractivity contribution in [1.29, 1.82) is 0 Å². The molecule has 1 aliphatic carbocycles. The molecule has 24 heavy (non-hydrogen) atoms. The van der Waals surface area contributed by atoms with Crippen molar-refractivity contribution in [3.63, 3.8) is 0 Å². The topological polar surface area (TPSA) is 99.0 Å². The number of ether oxygens (including phenoxy) is 1. The lowest BCUT2D eigenvalue weighted by Gasteiger charge is -2.11. The molecule has 2 heterocycles. The molecule has 128 valence electrons. The SMILES string of the molecule is COC(=O)c1c(NC(=O)CSc2nnnn2C)sc2c1CCCC2. The van der Waals surface area contributed by atoms with Crippen LogP contribution in [0.1, 0.15) is 33.6 Å². The van der Waals surface area contributed by atoms with Crippen molar-refractivity contribution >= 4 is 40.0 Å². The van der Waals surface area contributed by atoms with Crippen molar-refractivity contribution in [2.24, 2.45) is 7.05 Å². The van der Waals surface area contributed by atoms with Crippen molar-refractivity contribution in [2.45, 2.75) is 30.8 Å². The van der Waals surface area contributed by atoms with Crippen LogP contribution in [0.15, 0.2) is 5.16 Å². The van der Waals surface area contributed by atoms with E-state index in [0.29, 0.717) is 15.7 Å². The average Bonchev–Trinajstić information content (AvgIpc) is 3.15. The molecule has 0 saturated heterocycles. The lowest BCUT2D eigenvalue weighted by atomic mass is 9.95. The summed E-state index contributed by atoms with van der Waals surface area (Å²) in [4.78, 5) is 25.5. The van der Waals surface area contributed by atoms with E-state index in [9.17, 15) is 9.59 Å². The van der Waals surface area contributed by atoms with E-state index in [1.54, 1.807) is 7.05 Å². The average molecular weight is 367 g/mol. The second-order valence-corrected chi connectivity index (χ2v) is 7.38. The smallest absolute Gasteiger partial charge is 0.341 e. The molecular weight excluding hydrogens is 350 g/mol. The number of carbonyl (C=O) groups excluding carboxylic acids is 2. The van der Waals surface area contributed by atoms with Gasteiger partial charge in [-0.25, -0.2) is 9.48 Å². The molecule has 2 aromatic heterocycles. The number of thiophene rings is 1. The number of anilines is 1. The molecule has 0 atom stereocenters. The van der Waals surface area contributed by atoms with Crippen LogP contribution in [0.25, 0.3) is 0 Å². The largest absolute Gasteiger partial charge is 0.465 e. The Morgan fingerprint density at radius 3 is 2.88 bits per heavy atom. The van der Waals surface area contributed by atoms with Crippen LogP contribution in [0, 0.1) is 0 Å². The van der Waals surface area contributed by atoms with Gasteiger partial charge in [0.15, 0.2) is 0 Å². The molecule has 0 spiro atoms. The third-order valence-corrected chi connectivity index (χ3v) is 5.95. The highest BCUT2D eigenvalue weighted by Gasteiger charge is 2.26. The van der Waals surface area contributed by atoms with Crippen LogP contribution in [-0.4, -0.2) is 44.9 Å². The van der Waals surface area contributed by atoms with Gasteiger partial charge in [-0.1, -0.05) is 11.8 Å². The summed E-state index contributed by atoms with van der Waals surface area (Å²) in [5.41, 5.74) is 1.54. The molecule has 0 bridgehead atoms. The van der Waals surface area contributed by atoms with Crippen LogP contribution in [0.4, 0.5) is 5.00 Å². The lowest BCUT2D eigenvalue weighted by molar-refractivity contribution is -0.113. The van der Waals surface area contributed by atoms with Crippen LogP contribution < -0.4 is 5.32 Å². The number of fused-ring (bicyclic) bond motifs is 1. The van der Waals surface area contributed by atoms with Crippen molar-refractivity contribution in [3.05, 3.63) is 16.0 Å². The Bertz CT molecular complexity index is 771. The molecule has 0 aromatic carbocycles. The molecule has 0 fully saturated rings. The number of nitrogens with zero attached hydrogens (tertiary/aromatic N) is 4. The van der Waals surface area contributed by atoms with Gasteiger partial charge in [0.1, 0.15) is 5.00 Å². The zero-order chi connectivity index (χ0) is 17.1. The number of esters is 1. The molecule has 0 aliphatic heterocycles. The number of aromatic nitrogens is 4. The van der Waals surface area contributed by atoms with E-state index in [0.717, 1.165) is 31.2 Å². The van der Waals surface area contributed by atoms with E-state index in [1.165, 1.54) is 39.8 Å². The monoisotopic (exact) mass is 367 g/mol. The Morgan fingerprint density at radius 1 is 1.38 bits per heavy atom. The second kappa shape index (κ2) is 7.31. The summed E-state index contributed by atoms with van der Waals surface area (Å²) in [5.74, 6) is -0.432. The van der Waals surface area contributed by atoms with Crippen molar-refractivity contribution in [2.75, 3.05) is 18.2 Å². The highest BCUT2D eigenvalue weighted by atomic mass is 32.2. The van der Waals surface area contributed by atoms with E-state index in [1.807, 2.05) is 0 Å². The second-order valence-electron chi connectivity index (χ2n) is 5.33. The molecule has 8 nitrogen and oxygen atoms in total. The summed E-state index contributed by atoms with van der Waals surface area (Å²) in [5, 5.41) is 15.0. The number of aryl methyl sites for hydroxylation is 2. The van der Waals surface area contributed by atoms with E-state index < -0.39 is 5.97 Å². The number of methoxy groups -OCH3 is 1. The number of hydrogen-bond donors (Lipinski definition) is 1. The summed E-state index contributed by atoms with van der Waals surface area (Å²) in [7, 11) is 3.07. The first kappa shape index (κ1) is 16.9. The Kier molecular flexibility index (Phi) is 5.14. The van der Waals surface area contributed by atoms with E-state index in [-0.39, 0.29) is 11.7 Å². The van der Waals surface area contributed by atoms with Crippen molar-refractivity contribution in [1.82, 2.24) is 20.2 Å². The predicted molar refractivity (Wildman–Crippen MR) is 90.5 cm³/mol. The third-order valence-electron chi connectivity index (χ3n) is 3.73. The number of amides is 1. The Labute approximate surface area is 147 Å².